The Morgan fingerprint density at radius 3 is 2.71 bits per heavy atom. The summed E-state index contributed by atoms with van der Waals surface area (Å²) < 4.78 is 7.65. The molecule has 0 saturated carbocycles. The van der Waals surface area contributed by atoms with E-state index in [1.165, 1.54) is 4.57 Å². The molecule has 0 saturated heterocycles. The fourth-order valence-corrected chi connectivity index (χ4v) is 1.96. The Hall–Kier alpha value is -1.03. The van der Waals surface area contributed by atoms with Crippen molar-refractivity contribution in [2.24, 2.45) is 7.05 Å². The van der Waals surface area contributed by atoms with Crippen LogP contribution in [-0.4, -0.2) is 4.57 Å². The highest BCUT2D eigenvalue weighted by molar-refractivity contribution is 9.10. The number of halogens is 1. The Kier molecular flexibility index (Phi) is 2.03. The van der Waals surface area contributed by atoms with Crippen molar-refractivity contribution in [3.63, 3.8) is 0 Å². The normalized spacial score (nSPS) is 11.1. The van der Waals surface area contributed by atoms with Crippen molar-refractivity contribution in [3.8, 4) is 0 Å². The lowest BCUT2D eigenvalue weighted by Crippen LogP contribution is -2.09. The van der Waals surface area contributed by atoms with Gasteiger partial charge in [0.15, 0.2) is 5.58 Å². The van der Waals surface area contributed by atoms with Gasteiger partial charge in [-0.2, -0.15) is 0 Å². The quantitative estimate of drug-likeness (QED) is 0.725. The number of aromatic nitrogens is 1. The van der Waals surface area contributed by atoms with E-state index in [0.717, 1.165) is 21.1 Å². The number of fused-ring (bicyclic) bond motifs is 1. The summed E-state index contributed by atoms with van der Waals surface area (Å²) in [7, 11) is 1.71. The minimum Gasteiger partial charge on any atom is -0.408 e. The van der Waals surface area contributed by atoms with Crippen LogP contribution in [0.15, 0.2) is 19.8 Å². The van der Waals surface area contributed by atoms with Gasteiger partial charge >= 0.3 is 5.76 Å². The van der Waals surface area contributed by atoms with Gasteiger partial charge < -0.3 is 4.42 Å². The zero-order valence-electron chi connectivity index (χ0n) is 8.22. The molecule has 0 unspecified atom stereocenters. The van der Waals surface area contributed by atoms with E-state index in [1.54, 1.807) is 7.05 Å². The van der Waals surface area contributed by atoms with E-state index < -0.39 is 0 Å². The van der Waals surface area contributed by atoms with Gasteiger partial charge in [-0.1, -0.05) is 15.9 Å². The largest absolute Gasteiger partial charge is 0.419 e. The van der Waals surface area contributed by atoms with Gasteiger partial charge in [-0.15, -0.1) is 0 Å². The molecule has 74 valence electrons. The Morgan fingerprint density at radius 2 is 2.07 bits per heavy atom. The van der Waals surface area contributed by atoms with Crippen LogP contribution in [0.5, 0.6) is 0 Å². The van der Waals surface area contributed by atoms with Gasteiger partial charge in [0, 0.05) is 11.5 Å². The minimum atomic E-state index is -0.319. The number of hydrogen-bond donors (Lipinski definition) is 0. The summed E-state index contributed by atoms with van der Waals surface area (Å²) >= 11 is 3.49. The number of aryl methyl sites for hydroxylation is 3. The van der Waals surface area contributed by atoms with Gasteiger partial charge in [0.2, 0.25) is 0 Å². The molecule has 1 heterocycles. The maximum atomic E-state index is 11.3. The lowest BCUT2D eigenvalue weighted by molar-refractivity contribution is 0.528. The van der Waals surface area contributed by atoms with Gasteiger partial charge in [-0.3, -0.25) is 4.57 Å². The van der Waals surface area contributed by atoms with Crippen LogP contribution in [0, 0.1) is 13.8 Å². The lowest BCUT2D eigenvalue weighted by atomic mass is 10.1. The number of benzene rings is 1. The van der Waals surface area contributed by atoms with Crippen LogP contribution in [-0.2, 0) is 7.05 Å². The average molecular weight is 256 g/mol. The molecule has 1 aromatic carbocycles. The first-order valence-electron chi connectivity index (χ1n) is 4.27. The number of nitrogens with zero attached hydrogens (tertiary/aromatic N) is 1. The van der Waals surface area contributed by atoms with Crippen LogP contribution in [0.1, 0.15) is 11.1 Å². The molecule has 0 spiro atoms. The summed E-state index contributed by atoms with van der Waals surface area (Å²) in [6, 6.07) is 1.87. The van der Waals surface area contributed by atoms with E-state index in [2.05, 4.69) is 15.9 Å². The van der Waals surface area contributed by atoms with Crippen LogP contribution in [0.4, 0.5) is 0 Å². The van der Waals surface area contributed by atoms with Gasteiger partial charge in [-0.25, -0.2) is 4.79 Å². The third-order valence-electron chi connectivity index (χ3n) is 2.42. The van der Waals surface area contributed by atoms with Gasteiger partial charge in [0.05, 0.1) is 5.52 Å². The van der Waals surface area contributed by atoms with Gasteiger partial charge in [0.1, 0.15) is 0 Å². The summed E-state index contributed by atoms with van der Waals surface area (Å²) in [5.74, 6) is -0.319. The molecule has 2 rings (SSSR count). The van der Waals surface area contributed by atoms with Crippen molar-refractivity contribution in [2.75, 3.05) is 0 Å². The molecule has 4 heteroatoms. The smallest absolute Gasteiger partial charge is 0.408 e. The van der Waals surface area contributed by atoms with Crippen molar-refractivity contribution >= 4 is 27.0 Å². The van der Waals surface area contributed by atoms with Crippen molar-refractivity contribution < 1.29 is 4.42 Å². The van der Waals surface area contributed by atoms with Crippen LogP contribution in [0.25, 0.3) is 11.1 Å². The second-order valence-corrected chi connectivity index (χ2v) is 4.20. The molecule has 0 aliphatic heterocycles. The Balaban J connectivity index is 3.06. The highest BCUT2D eigenvalue weighted by Crippen LogP contribution is 2.28. The summed E-state index contributed by atoms with van der Waals surface area (Å²) in [6.07, 6.45) is 0. The SMILES string of the molecule is Cc1cc2oc(=O)n(C)c2c(C)c1Br. The summed E-state index contributed by atoms with van der Waals surface area (Å²) in [4.78, 5) is 11.3. The number of hydrogen-bond acceptors (Lipinski definition) is 2. The van der Waals surface area contributed by atoms with E-state index in [1.807, 2.05) is 19.9 Å². The Bertz CT molecular complexity index is 565. The first-order chi connectivity index (χ1) is 6.52. The molecule has 0 amide bonds. The standard InChI is InChI=1S/C10H10BrNO2/c1-5-4-7-9(6(2)8(5)11)12(3)10(13)14-7/h4H,1-3H3. The molecule has 0 N–H and O–H groups in total. The first-order valence-corrected chi connectivity index (χ1v) is 5.07. The average Bonchev–Trinajstić information content (AvgIpc) is 2.39. The molecule has 0 radical (unpaired) electrons. The zero-order chi connectivity index (χ0) is 10.5. The van der Waals surface area contributed by atoms with Crippen molar-refractivity contribution in [2.45, 2.75) is 13.8 Å². The molecule has 0 atom stereocenters. The van der Waals surface area contributed by atoms with E-state index in [4.69, 9.17) is 4.42 Å². The molecule has 14 heavy (non-hydrogen) atoms. The maximum Gasteiger partial charge on any atom is 0.419 e. The van der Waals surface area contributed by atoms with E-state index >= 15 is 0 Å². The van der Waals surface area contributed by atoms with E-state index in [-0.39, 0.29) is 5.76 Å². The van der Waals surface area contributed by atoms with Crippen molar-refractivity contribution in [1.82, 2.24) is 4.57 Å². The number of rotatable bonds is 0. The summed E-state index contributed by atoms with van der Waals surface area (Å²) in [5, 5.41) is 0. The van der Waals surface area contributed by atoms with Crippen LogP contribution in [0.3, 0.4) is 0 Å². The van der Waals surface area contributed by atoms with Crippen molar-refractivity contribution in [3.05, 3.63) is 32.2 Å². The molecular formula is C10H10BrNO2. The molecule has 3 nitrogen and oxygen atoms in total. The first kappa shape index (κ1) is 9.52. The predicted molar refractivity (Wildman–Crippen MR) is 58.6 cm³/mol. The molecule has 0 aliphatic rings. The highest BCUT2D eigenvalue weighted by Gasteiger charge is 2.12. The Labute approximate surface area is 89.5 Å². The number of oxazole rings is 1. The van der Waals surface area contributed by atoms with Crippen LogP contribution in [0.2, 0.25) is 0 Å². The topological polar surface area (TPSA) is 35.1 Å². The van der Waals surface area contributed by atoms with E-state index in [9.17, 15) is 4.79 Å². The monoisotopic (exact) mass is 255 g/mol. The van der Waals surface area contributed by atoms with Gasteiger partial charge in [-0.05, 0) is 31.0 Å². The second kappa shape index (κ2) is 2.98. The zero-order valence-corrected chi connectivity index (χ0v) is 9.81. The third kappa shape index (κ3) is 1.14. The molecule has 0 aliphatic carbocycles. The molecule has 0 bridgehead atoms. The van der Waals surface area contributed by atoms with Crippen LogP contribution >= 0.6 is 15.9 Å². The molecule has 2 aromatic rings. The molecular weight excluding hydrogens is 246 g/mol. The van der Waals surface area contributed by atoms with Crippen LogP contribution < -0.4 is 5.76 Å². The van der Waals surface area contributed by atoms with Gasteiger partial charge in [0.25, 0.3) is 0 Å². The predicted octanol–water partition coefficient (Wildman–Crippen LogP) is 2.51. The Morgan fingerprint density at radius 1 is 1.43 bits per heavy atom. The summed E-state index contributed by atoms with van der Waals surface area (Å²) in [6.45, 7) is 3.94. The van der Waals surface area contributed by atoms with Crippen molar-refractivity contribution in [1.29, 1.82) is 0 Å². The molecule has 0 fully saturated rings. The second-order valence-electron chi connectivity index (χ2n) is 3.41. The fraction of sp³-hybridized carbons (Fsp3) is 0.300. The lowest BCUT2D eigenvalue weighted by Gasteiger charge is -2.03. The maximum absolute atomic E-state index is 11.3. The van der Waals surface area contributed by atoms with E-state index in [0.29, 0.717) is 5.58 Å². The molecule has 1 aromatic heterocycles. The highest BCUT2D eigenvalue weighted by atomic mass is 79.9. The minimum absolute atomic E-state index is 0.319. The summed E-state index contributed by atoms with van der Waals surface area (Å²) in [5.41, 5.74) is 3.61. The fourth-order valence-electron chi connectivity index (χ4n) is 1.66. The third-order valence-corrected chi connectivity index (χ3v) is 3.64.